The van der Waals surface area contributed by atoms with Gasteiger partial charge in [0.15, 0.2) is 5.65 Å². The first kappa shape index (κ1) is 19.6. The largest absolute Gasteiger partial charge is 0.446 e. The number of nitrogens with two attached hydrogens (primary N) is 1. The zero-order valence-electron chi connectivity index (χ0n) is 15.8. The summed E-state index contributed by atoms with van der Waals surface area (Å²) >= 11 is 0. The van der Waals surface area contributed by atoms with Gasteiger partial charge in [-0.15, -0.1) is 0 Å². The molecule has 28 heavy (non-hydrogen) atoms. The van der Waals surface area contributed by atoms with E-state index in [4.69, 9.17) is 10.5 Å². The van der Waals surface area contributed by atoms with Crippen molar-refractivity contribution in [2.24, 2.45) is 5.73 Å². The van der Waals surface area contributed by atoms with Crippen LogP contribution < -0.4 is 10.6 Å². The van der Waals surface area contributed by atoms with E-state index in [1.807, 2.05) is 4.90 Å². The number of H-pyrrole nitrogens is 1. The molecular weight excluding hydrogens is 367 g/mol. The van der Waals surface area contributed by atoms with Crippen molar-refractivity contribution in [3.63, 3.8) is 0 Å². The van der Waals surface area contributed by atoms with E-state index in [-0.39, 0.29) is 6.61 Å². The smallest absolute Gasteiger partial charge is 0.409 e. The van der Waals surface area contributed by atoms with Crippen molar-refractivity contribution in [2.45, 2.75) is 19.5 Å². The zero-order valence-corrected chi connectivity index (χ0v) is 15.8. The van der Waals surface area contributed by atoms with Gasteiger partial charge in [0.25, 0.3) is 0 Å². The number of amides is 2. The second-order valence-corrected chi connectivity index (χ2v) is 7.15. The summed E-state index contributed by atoms with van der Waals surface area (Å²) in [5.74, 6) is 0.122. The number of fused-ring (bicyclic) bond motifs is 1. The van der Waals surface area contributed by atoms with Crippen LogP contribution in [0.5, 0.6) is 0 Å². The molecule has 1 fully saturated rings. The van der Waals surface area contributed by atoms with Crippen LogP contribution in [0.1, 0.15) is 19.4 Å². The van der Waals surface area contributed by atoms with Gasteiger partial charge in [0.2, 0.25) is 5.91 Å². The molecule has 150 valence electrons. The molecule has 3 N–H and O–H groups in total. The van der Waals surface area contributed by atoms with Crippen molar-refractivity contribution in [1.29, 1.82) is 0 Å². The number of hydrogen-bond acceptors (Lipinski definition) is 6. The van der Waals surface area contributed by atoms with Gasteiger partial charge in [-0.1, -0.05) is 0 Å². The molecule has 1 saturated heterocycles. The summed E-state index contributed by atoms with van der Waals surface area (Å²) in [4.78, 5) is 38.5. The number of nitrogens with zero attached hydrogens (tertiary/aromatic N) is 4. The molecule has 0 aromatic carbocycles. The molecule has 0 aliphatic carbocycles. The van der Waals surface area contributed by atoms with E-state index in [1.165, 1.54) is 19.9 Å². The van der Waals surface area contributed by atoms with E-state index >= 15 is 0 Å². The molecular formula is C18H23FN6O3. The molecule has 0 saturated carbocycles. The molecule has 1 aliphatic heterocycles. The van der Waals surface area contributed by atoms with Crippen LogP contribution in [0.4, 0.5) is 15.0 Å². The normalized spacial score (nSPS) is 15.4. The van der Waals surface area contributed by atoms with Crippen molar-refractivity contribution in [1.82, 2.24) is 19.9 Å². The number of carbonyl (C=O) groups excluding carboxylic acids is 2. The van der Waals surface area contributed by atoms with Crippen molar-refractivity contribution >= 4 is 35.1 Å². The third kappa shape index (κ3) is 4.76. The third-order valence-electron chi connectivity index (χ3n) is 4.23. The average Bonchev–Trinajstić information content (AvgIpc) is 3.06. The molecule has 2 aromatic heterocycles. The Kier molecular flexibility index (Phi) is 5.48. The van der Waals surface area contributed by atoms with Crippen LogP contribution in [0.2, 0.25) is 0 Å². The minimum Gasteiger partial charge on any atom is -0.446 e. The van der Waals surface area contributed by atoms with Crippen molar-refractivity contribution < 1.29 is 18.7 Å². The molecule has 10 heteroatoms. The summed E-state index contributed by atoms with van der Waals surface area (Å²) in [6, 6.07) is 0. The number of piperazine rings is 1. The summed E-state index contributed by atoms with van der Waals surface area (Å²) in [5.41, 5.74) is 5.52. The number of aromatic amines is 1. The first-order valence-electron chi connectivity index (χ1n) is 8.90. The maximum atomic E-state index is 13.5. The SMILES string of the molecule is CC(C)(F)COC(=O)N1CCN(c2cnc3[nH]cc(/C=C/C(N)=O)c3n2)CC1. The Morgan fingerprint density at radius 2 is 2.07 bits per heavy atom. The van der Waals surface area contributed by atoms with E-state index in [9.17, 15) is 14.0 Å². The van der Waals surface area contributed by atoms with Crippen LogP contribution in [0, 0.1) is 0 Å². The van der Waals surface area contributed by atoms with Gasteiger partial charge in [0, 0.05) is 44.0 Å². The lowest BCUT2D eigenvalue weighted by Gasteiger charge is -2.34. The van der Waals surface area contributed by atoms with Crippen LogP contribution >= 0.6 is 0 Å². The second kappa shape index (κ2) is 7.83. The molecule has 9 nitrogen and oxygen atoms in total. The molecule has 0 spiro atoms. The molecule has 0 radical (unpaired) electrons. The van der Waals surface area contributed by atoms with Gasteiger partial charge < -0.3 is 25.3 Å². The minimum atomic E-state index is -1.56. The Morgan fingerprint density at radius 3 is 2.71 bits per heavy atom. The number of hydrogen-bond donors (Lipinski definition) is 2. The quantitative estimate of drug-likeness (QED) is 0.747. The number of ether oxygens (including phenoxy) is 1. The summed E-state index contributed by atoms with van der Waals surface area (Å²) < 4.78 is 18.5. The molecule has 0 atom stereocenters. The lowest BCUT2D eigenvalue weighted by Crippen LogP contribution is -2.49. The van der Waals surface area contributed by atoms with E-state index in [0.717, 1.165) is 0 Å². The number of primary amides is 1. The Labute approximate surface area is 161 Å². The highest BCUT2D eigenvalue weighted by Crippen LogP contribution is 2.21. The first-order valence-corrected chi connectivity index (χ1v) is 8.90. The summed E-state index contributed by atoms with van der Waals surface area (Å²) in [5, 5.41) is 0. The van der Waals surface area contributed by atoms with Gasteiger partial charge in [0.1, 0.15) is 23.6 Å². The van der Waals surface area contributed by atoms with Gasteiger partial charge in [-0.3, -0.25) is 4.79 Å². The predicted molar refractivity (Wildman–Crippen MR) is 102 cm³/mol. The van der Waals surface area contributed by atoms with Crippen molar-refractivity contribution in [2.75, 3.05) is 37.7 Å². The summed E-state index contributed by atoms with van der Waals surface area (Å²) in [6.45, 7) is 4.42. The van der Waals surface area contributed by atoms with Gasteiger partial charge in [-0.2, -0.15) is 0 Å². The number of rotatable bonds is 5. The topological polar surface area (TPSA) is 117 Å². The molecule has 3 rings (SSSR count). The number of anilines is 1. The van der Waals surface area contributed by atoms with Crippen molar-refractivity contribution in [3.8, 4) is 0 Å². The fourth-order valence-corrected chi connectivity index (χ4v) is 2.80. The minimum absolute atomic E-state index is 0.275. The lowest BCUT2D eigenvalue weighted by atomic mass is 10.2. The average molecular weight is 390 g/mol. The Bertz CT molecular complexity index is 896. The first-order chi connectivity index (χ1) is 13.2. The maximum Gasteiger partial charge on any atom is 0.409 e. The van der Waals surface area contributed by atoms with Gasteiger partial charge in [0.05, 0.1) is 6.20 Å². The highest BCUT2D eigenvalue weighted by atomic mass is 19.1. The highest BCUT2D eigenvalue weighted by molar-refractivity contribution is 5.93. The van der Waals surface area contributed by atoms with Crippen molar-refractivity contribution in [3.05, 3.63) is 24.0 Å². The summed E-state index contributed by atoms with van der Waals surface area (Å²) in [6.07, 6.45) is 5.69. The van der Waals surface area contributed by atoms with E-state index < -0.39 is 17.7 Å². The number of alkyl halides is 1. The third-order valence-corrected chi connectivity index (χ3v) is 4.23. The number of carbonyl (C=O) groups is 2. The zero-order chi connectivity index (χ0) is 20.3. The number of aromatic nitrogens is 3. The summed E-state index contributed by atoms with van der Waals surface area (Å²) in [7, 11) is 0. The van der Waals surface area contributed by atoms with Crippen LogP contribution in [0.3, 0.4) is 0 Å². The fraction of sp³-hybridized carbons (Fsp3) is 0.444. The lowest BCUT2D eigenvalue weighted by molar-refractivity contribution is -0.113. The Hall–Kier alpha value is -3.17. The standard InChI is InChI=1S/C18H23FN6O3/c1-18(2,19)11-28-17(27)25-7-5-24(6-8-25)14-10-22-16-15(23-14)12(9-21-16)3-4-13(20)26/h3-4,9-10H,5-8,11H2,1-2H3,(H2,20,26)(H,21,22)/b4-3+. The molecule has 1 aliphatic rings. The van der Waals surface area contributed by atoms with E-state index in [2.05, 4.69) is 15.0 Å². The molecule has 2 aromatic rings. The predicted octanol–water partition coefficient (Wildman–Crippen LogP) is 1.46. The Balaban J connectivity index is 1.65. The fourth-order valence-electron chi connectivity index (χ4n) is 2.80. The monoisotopic (exact) mass is 390 g/mol. The number of halogens is 1. The highest BCUT2D eigenvalue weighted by Gasteiger charge is 2.26. The Morgan fingerprint density at radius 1 is 1.36 bits per heavy atom. The van der Waals surface area contributed by atoms with Gasteiger partial charge in [-0.05, 0) is 19.9 Å². The van der Waals surface area contributed by atoms with Crippen LogP contribution in [0.25, 0.3) is 17.2 Å². The van der Waals surface area contributed by atoms with Gasteiger partial charge in [-0.25, -0.2) is 19.2 Å². The van der Waals surface area contributed by atoms with E-state index in [1.54, 1.807) is 23.4 Å². The van der Waals surface area contributed by atoms with Gasteiger partial charge >= 0.3 is 6.09 Å². The van der Waals surface area contributed by atoms with E-state index in [0.29, 0.717) is 48.7 Å². The molecule has 2 amide bonds. The number of nitrogens with one attached hydrogen (secondary N) is 1. The van der Waals surface area contributed by atoms with Crippen LogP contribution in [-0.2, 0) is 9.53 Å². The maximum absolute atomic E-state index is 13.5. The molecule has 0 bridgehead atoms. The molecule has 3 heterocycles. The second-order valence-electron chi connectivity index (χ2n) is 7.15. The van der Waals surface area contributed by atoms with Crippen LogP contribution in [-0.4, -0.2) is 70.3 Å². The molecule has 0 unspecified atom stereocenters. The van der Waals surface area contributed by atoms with Crippen LogP contribution in [0.15, 0.2) is 18.5 Å².